The van der Waals surface area contributed by atoms with Crippen LogP contribution in [0.1, 0.15) is 40.5 Å². The maximum atomic E-state index is 12.0. The Labute approximate surface area is 130 Å². The molecule has 0 spiro atoms. The van der Waals surface area contributed by atoms with Gasteiger partial charge in [0.2, 0.25) is 0 Å². The van der Waals surface area contributed by atoms with Crippen molar-refractivity contribution >= 4 is 5.97 Å². The summed E-state index contributed by atoms with van der Waals surface area (Å²) < 4.78 is 5.16. The van der Waals surface area contributed by atoms with Crippen LogP contribution in [0.25, 0.3) is 0 Å². The molecule has 1 saturated heterocycles. The molecule has 1 heterocycles. The van der Waals surface area contributed by atoms with Gasteiger partial charge in [-0.05, 0) is 53.8 Å². The number of rotatable bonds is 8. The number of carbonyl (C=O) groups excluding carboxylic acids is 1. The predicted molar refractivity (Wildman–Crippen MR) is 86.5 cm³/mol. The van der Waals surface area contributed by atoms with Crippen LogP contribution in [0, 0.1) is 0 Å². The quantitative estimate of drug-likeness (QED) is 0.685. The van der Waals surface area contributed by atoms with Crippen LogP contribution in [-0.4, -0.2) is 73.7 Å². The number of nitrogens with zero attached hydrogens (tertiary/aromatic N) is 2. The smallest absolute Gasteiger partial charge is 0.326 e. The van der Waals surface area contributed by atoms with Gasteiger partial charge in [-0.1, -0.05) is 6.92 Å². The van der Waals surface area contributed by atoms with E-state index in [0.29, 0.717) is 12.6 Å². The second-order valence-electron chi connectivity index (χ2n) is 6.18. The molecule has 0 aliphatic carbocycles. The molecule has 21 heavy (non-hydrogen) atoms. The molecule has 5 heteroatoms. The van der Waals surface area contributed by atoms with Crippen LogP contribution in [0.5, 0.6) is 0 Å². The van der Waals surface area contributed by atoms with Gasteiger partial charge in [-0.15, -0.1) is 0 Å². The highest BCUT2D eigenvalue weighted by Crippen LogP contribution is 2.16. The van der Waals surface area contributed by atoms with Crippen molar-refractivity contribution in [1.82, 2.24) is 15.1 Å². The molecule has 0 amide bonds. The molecule has 0 bridgehead atoms. The molecule has 2 atom stereocenters. The molecule has 1 aliphatic heterocycles. The monoisotopic (exact) mass is 299 g/mol. The topological polar surface area (TPSA) is 44.8 Å². The Kier molecular flexibility index (Phi) is 7.63. The summed E-state index contributed by atoms with van der Waals surface area (Å²) in [6, 6.07) is 0.629. The molecular formula is C16H33N3O2. The van der Waals surface area contributed by atoms with Gasteiger partial charge in [-0.3, -0.25) is 9.69 Å². The zero-order valence-corrected chi connectivity index (χ0v) is 14.4. The predicted octanol–water partition coefficient (Wildman–Crippen LogP) is 1.33. The normalized spacial score (nSPS) is 23.8. The number of nitrogens with one attached hydrogen (secondary N) is 1. The van der Waals surface area contributed by atoms with Crippen LogP contribution in [0.3, 0.4) is 0 Å². The summed E-state index contributed by atoms with van der Waals surface area (Å²) in [6.45, 7) is 14.3. The Morgan fingerprint density at radius 3 is 2.62 bits per heavy atom. The van der Waals surface area contributed by atoms with Crippen LogP contribution in [0.2, 0.25) is 0 Å². The first-order chi connectivity index (χ1) is 9.96. The van der Waals surface area contributed by atoms with E-state index in [-0.39, 0.29) is 5.97 Å². The minimum absolute atomic E-state index is 0.142. The Bertz CT molecular complexity index is 325. The number of ether oxygens (including phenoxy) is 1. The number of carbonyl (C=O) groups is 1. The van der Waals surface area contributed by atoms with Crippen LogP contribution in [0.15, 0.2) is 0 Å². The first kappa shape index (κ1) is 18.4. The third-order valence-corrected chi connectivity index (χ3v) is 4.68. The van der Waals surface area contributed by atoms with E-state index < -0.39 is 5.54 Å². The van der Waals surface area contributed by atoms with E-state index in [1.807, 2.05) is 20.9 Å². The number of piperazine rings is 1. The SMILES string of the molecule is CCOC(=O)C(C)(CCCN1CCN(CC)C(C)C1)NC. The lowest BCUT2D eigenvalue weighted by molar-refractivity contribution is -0.150. The first-order valence-electron chi connectivity index (χ1n) is 8.29. The van der Waals surface area contributed by atoms with Gasteiger partial charge in [0.05, 0.1) is 6.61 Å². The molecule has 0 aromatic heterocycles. The molecule has 0 aromatic carbocycles. The van der Waals surface area contributed by atoms with Gasteiger partial charge in [0.15, 0.2) is 0 Å². The van der Waals surface area contributed by atoms with E-state index in [1.165, 1.54) is 0 Å². The minimum Gasteiger partial charge on any atom is -0.465 e. The van der Waals surface area contributed by atoms with Gasteiger partial charge in [-0.25, -0.2) is 0 Å². The summed E-state index contributed by atoms with van der Waals surface area (Å²) in [5.41, 5.74) is -0.563. The fourth-order valence-electron chi connectivity index (χ4n) is 3.02. The van der Waals surface area contributed by atoms with E-state index in [1.54, 1.807) is 0 Å². The number of hydrogen-bond donors (Lipinski definition) is 1. The molecule has 1 fully saturated rings. The molecule has 0 radical (unpaired) electrons. The second kappa shape index (κ2) is 8.71. The van der Waals surface area contributed by atoms with Crippen molar-refractivity contribution in [2.45, 2.75) is 52.1 Å². The fraction of sp³-hybridized carbons (Fsp3) is 0.938. The summed E-state index contributed by atoms with van der Waals surface area (Å²) >= 11 is 0. The summed E-state index contributed by atoms with van der Waals surface area (Å²) in [4.78, 5) is 17.0. The summed E-state index contributed by atoms with van der Waals surface area (Å²) in [7, 11) is 1.83. The molecule has 0 aromatic rings. The van der Waals surface area contributed by atoms with Crippen LogP contribution in [-0.2, 0) is 9.53 Å². The Morgan fingerprint density at radius 2 is 2.10 bits per heavy atom. The van der Waals surface area contributed by atoms with E-state index in [4.69, 9.17) is 4.74 Å². The fourth-order valence-corrected chi connectivity index (χ4v) is 3.02. The lowest BCUT2D eigenvalue weighted by Crippen LogP contribution is -2.52. The maximum absolute atomic E-state index is 12.0. The number of hydrogen-bond acceptors (Lipinski definition) is 5. The lowest BCUT2D eigenvalue weighted by Gasteiger charge is -2.39. The molecule has 5 nitrogen and oxygen atoms in total. The largest absolute Gasteiger partial charge is 0.465 e. The third kappa shape index (κ3) is 5.24. The molecule has 124 valence electrons. The van der Waals surface area contributed by atoms with Crippen molar-refractivity contribution in [1.29, 1.82) is 0 Å². The number of esters is 1. The van der Waals surface area contributed by atoms with Gasteiger partial charge < -0.3 is 15.0 Å². The van der Waals surface area contributed by atoms with Crippen molar-refractivity contribution in [2.24, 2.45) is 0 Å². The van der Waals surface area contributed by atoms with Gasteiger partial charge in [0.25, 0.3) is 0 Å². The van der Waals surface area contributed by atoms with Crippen molar-refractivity contribution in [3.8, 4) is 0 Å². The van der Waals surface area contributed by atoms with Crippen LogP contribution >= 0.6 is 0 Å². The molecule has 1 rings (SSSR count). The second-order valence-corrected chi connectivity index (χ2v) is 6.18. The molecule has 1 N–H and O–H groups in total. The summed E-state index contributed by atoms with van der Waals surface area (Å²) in [5.74, 6) is -0.142. The van der Waals surface area contributed by atoms with E-state index in [9.17, 15) is 4.79 Å². The molecule has 1 aliphatic rings. The zero-order chi connectivity index (χ0) is 15.9. The summed E-state index contributed by atoms with van der Waals surface area (Å²) in [6.07, 6.45) is 1.82. The van der Waals surface area contributed by atoms with Gasteiger partial charge >= 0.3 is 5.97 Å². The zero-order valence-electron chi connectivity index (χ0n) is 14.4. The van der Waals surface area contributed by atoms with Crippen LogP contribution < -0.4 is 5.32 Å². The van der Waals surface area contributed by atoms with E-state index in [2.05, 4.69) is 29.0 Å². The highest BCUT2D eigenvalue weighted by Gasteiger charge is 2.32. The Hall–Kier alpha value is -0.650. The molecule has 2 unspecified atom stereocenters. The van der Waals surface area contributed by atoms with Gasteiger partial charge in [-0.2, -0.15) is 0 Å². The van der Waals surface area contributed by atoms with E-state index >= 15 is 0 Å². The van der Waals surface area contributed by atoms with E-state index in [0.717, 1.165) is 45.6 Å². The average Bonchev–Trinajstić information content (AvgIpc) is 2.47. The Balaban J connectivity index is 2.37. The van der Waals surface area contributed by atoms with Gasteiger partial charge in [0, 0.05) is 25.7 Å². The Morgan fingerprint density at radius 1 is 1.38 bits per heavy atom. The maximum Gasteiger partial charge on any atom is 0.326 e. The summed E-state index contributed by atoms with van der Waals surface area (Å²) in [5, 5.41) is 3.12. The highest BCUT2D eigenvalue weighted by atomic mass is 16.5. The lowest BCUT2D eigenvalue weighted by atomic mass is 9.96. The van der Waals surface area contributed by atoms with Crippen molar-refractivity contribution in [2.75, 3.05) is 46.4 Å². The van der Waals surface area contributed by atoms with Crippen molar-refractivity contribution in [3.05, 3.63) is 0 Å². The van der Waals surface area contributed by atoms with Crippen molar-refractivity contribution < 1.29 is 9.53 Å². The van der Waals surface area contributed by atoms with Gasteiger partial charge in [0.1, 0.15) is 5.54 Å². The van der Waals surface area contributed by atoms with Crippen LogP contribution in [0.4, 0.5) is 0 Å². The number of likely N-dealkylation sites (N-methyl/N-ethyl adjacent to an activating group) is 2. The minimum atomic E-state index is -0.563. The third-order valence-electron chi connectivity index (χ3n) is 4.68. The highest BCUT2D eigenvalue weighted by molar-refractivity contribution is 5.80. The molecular weight excluding hydrogens is 266 g/mol. The van der Waals surface area contributed by atoms with Crippen molar-refractivity contribution in [3.63, 3.8) is 0 Å². The average molecular weight is 299 g/mol. The molecule has 0 saturated carbocycles. The standard InChI is InChI=1S/C16H33N3O2/c1-6-19-12-11-18(13-14(19)3)10-8-9-16(4,17-5)15(20)21-7-2/h14,17H,6-13H2,1-5H3. The first-order valence-corrected chi connectivity index (χ1v) is 8.29.